The van der Waals surface area contributed by atoms with Crippen LogP contribution in [0.15, 0.2) is 60.7 Å². The van der Waals surface area contributed by atoms with E-state index in [2.05, 4.69) is 0 Å². The summed E-state index contributed by atoms with van der Waals surface area (Å²) in [6, 6.07) is 18.6. The zero-order valence-electron chi connectivity index (χ0n) is 18.3. The second-order valence-corrected chi connectivity index (χ2v) is 7.15. The quantitative estimate of drug-likeness (QED) is 0.371. The SMILES string of the molecule is CCOc1ccc(OCC(=O)O[C@H](C)C(=O)c2cc(C)n(-c3ccccc3)c2C)cc1. The summed E-state index contributed by atoms with van der Waals surface area (Å²) in [6.07, 6.45) is -0.916. The van der Waals surface area contributed by atoms with Crippen molar-refractivity contribution in [3.05, 3.63) is 77.6 Å². The van der Waals surface area contributed by atoms with E-state index in [0.717, 1.165) is 22.8 Å². The Bertz CT molecular complexity index is 1040. The normalized spacial score (nSPS) is 11.6. The van der Waals surface area contributed by atoms with Crippen molar-refractivity contribution in [2.75, 3.05) is 13.2 Å². The summed E-state index contributed by atoms with van der Waals surface area (Å²) in [5, 5.41) is 0. The minimum atomic E-state index is -0.916. The van der Waals surface area contributed by atoms with Crippen molar-refractivity contribution in [2.24, 2.45) is 0 Å². The Morgan fingerprint density at radius 3 is 2.16 bits per heavy atom. The van der Waals surface area contributed by atoms with Gasteiger partial charge in [-0.3, -0.25) is 4.79 Å². The van der Waals surface area contributed by atoms with E-state index in [1.807, 2.05) is 61.7 Å². The van der Waals surface area contributed by atoms with Gasteiger partial charge in [0.1, 0.15) is 11.5 Å². The molecule has 2 aromatic carbocycles. The van der Waals surface area contributed by atoms with Crippen LogP contribution in [0.3, 0.4) is 0 Å². The summed E-state index contributed by atoms with van der Waals surface area (Å²) in [6.45, 7) is 7.60. The van der Waals surface area contributed by atoms with E-state index in [0.29, 0.717) is 17.9 Å². The van der Waals surface area contributed by atoms with Gasteiger partial charge in [-0.1, -0.05) is 18.2 Å². The third kappa shape index (κ3) is 5.34. The summed E-state index contributed by atoms with van der Waals surface area (Å²) >= 11 is 0. The number of para-hydroxylation sites is 1. The first kappa shape index (κ1) is 22.2. The largest absolute Gasteiger partial charge is 0.494 e. The van der Waals surface area contributed by atoms with Gasteiger partial charge in [-0.2, -0.15) is 0 Å². The fraction of sp³-hybridized carbons (Fsp3) is 0.280. The highest BCUT2D eigenvalue weighted by Crippen LogP contribution is 2.22. The molecular weight excluding hydrogens is 394 g/mol. The molecule has 0 amide bonds. The van der Waals surface area contributed by atoms with Crippen LogP contribution in [0.25, 0.3) is 5.69 Å². The van der Waals surface area contributed by atoms with Gasteiger partial charge in [-0.25, -0.2) is 4.79 Å². The standard InChI is InChI=1S/C25H27NO5/c1-5-29-21-11-13-22(14-12-21)30-16-24(27)31-19(4)25(28)23-15-17(2)26(18(23)3)20-9-7-6-8-10-20/h6-15,19H,5,16H2,1-4H3/t19-/m1/s1. The molecule has 6 heteroatoms. The molecule has 0 unspecified atom stereocenters. The minimum absolute atomic E-state index is 0.246. The van der Waals surface area contributed by atoms with Gasteiger partial charge in [0, 0.05) is 22.6 Å². The number of Topliss-reactive ketones (excluding diaryl/α,β-unsaturated/α-hetero) is 1. The Morgan fingerprint density at radius 1 is 0.935 bits per heavy atom. The molecule has 1 heterocycles. The van der Waals surface area contributed by atoms with E-state index < -0.39 is 12.1 Å². The van der Waals surface area contributed by atoms with E-state index in [-0.39, 0.29) is 12.4 Å². The van der Waals surface area contributed by atoms with Crippen molar-refractivity contribution in [3.8, 4) is 17.2 Å². The second kappa shape index (κ2) is 9.98. The third-order valence-corrected chi connectivity index (χ3v) is 4.88. The fourth-order valence-corrected chi connectivity index (χ4v) is 3.43. The van der Waals surface area contributed by atoms with Gasteiger partial charge >= 0.3 is 5.97 Å². The molecule has 3 aromatic rings. The summed E-state index contributed by atoms with van der Waals surface area (Å²) in [5.41, 5.74) is 3.26. The maximum Gasteiger partial charge on any atom is 0.344 e. The van der Waals surface area contributed by atoms with Gasteiger partial charge in [0.05, 0.1) is 6.61 Å². The van der Waals surface area contributed by atoms with Crippen molar-refractivity contribution < 1.29 is 23.8 Å². The van der Waals surface area contributed by atoms with Crippen molar-refractivity contribution in [2.45, 2.75) is 33.8 Å². The molecule has 31 heavy (non-hydrogen) atoms. The second-order valence-electron chi connectivity index (χ2n) is 7.15. The summed E-state index contributed by atoms with van der Waals surface area (Å²) < 4.78 is 18.1. The monoisotopic (exact) mass is 421 g/mol. The third-order valence-electron chi connectivity index (χ3n) is 4.88. The smallest absolute Gasteiger partial charge is 0.344 e. The average molecular weight is 421 g/mol. The molecule has 3 rings (SSSR count). The summed E-state index contributed by atoms with van der Waals surface area (Å²) in [5.74, 6) is 0.395. The lowest BCUT2D eigenvalue weighted by Crippen LogP contribution is -2.27. The Hall–Kier alpha value is -3.54. The highest BCUT2D eigenvalue weighted by atomic mass is 16.6. The first-order valence-electron chi connectivity index (χ1n) is 10.2. The Kier molecular flexibility index (Phi) is 7.13. The molecule has 0 saturated carbocycles. The molecule has 0 aliphatic rings. The summed E-state index contributed by atoms with van der Waals surface area (Å²) in [7, 11) is 0. The van der Waals surface area contributed by atoms with Crippen LogP contribution >= 0.6 is 0 Å². The minimum Gasteiger partial charge on any atom is -0.494 e. The van der Waals surface area contributed by atoms with Crippen LogP contribution in [0.5, 0.6) is 11.5 Å². The Morgan fingerprint density at radius 2 is 1.55 bits per heavy atom. The number of carbonyl (C=O) groups is 2. The topological polar surface area (TPSA) is 66.8 Å². The molecule has 1 aromatic heterocycles. The molecule has 162 valence electrons. The van der Waals surface area contributed by atoms with Crippen molar-refractivity contribution >= 4 is 11.8 Å². The lowest BCUT2D eigenvalue weighted by atomic mass is 10.1. The van der Waals surface area contributed by atoms with Gasteiger partial charge in [0.25, 0.3) is 0 Å². The number of rotatable bonds is 9. The molecule has 0 aliphatic heterocycles. The number of nitrogens with zero attached hydrogens (tertiary/aromatic N) is 1. The predicted molar refractivity (Wildman–Crippen MR) is 118 cm³/mol. The molecule has 0 spiro atoms. The van der Waals surface area contributed by atoms with Crippen LogP contribution in [0.4, 0.5) is 0 Å². The molecule has 0 N–H and O–H groups in total. The maximum atomic E-state index is 12.9. The van der Waals surface area contributed by atoms with Crippen molar-refractivity contribution in [1.29, 1.82) is 0 Å². The molecule has 0 aliphatic carbocycles. The molecule has 1 atom stereocenters. The number of hydrogen-bond donors (Lipinski definition) is 0. The number of carbonyl (C=O) groups excluding carboxylic acids is 2. The lowest BCUT2D eigenvalue weighted by Gasteiger charge is -2.14. The van der Waals surface area contributed by atoms with Gasteiger partial charge < -0.3 is 18.8 Å². The lowest BCUT2D eigenvalue weighted by molar-refractivity contribution is -0.148. The number of aromatic nitrogens is 1. The van der Waals surface area contributed by atoms with Gasteiger partial charge in [0.2, 0.25) is 5.78 Å². The van der Waals surface area contributed by atoms with Gasteiger partial charge in [0.15, 0.2) is 12.7 Å². The number of esters is 1. The van der Waals surface area contributed by atoms with E-state index in [4.69, 9.17) is 14.2 Å². The van der Waals surface area contributed by atoms with Crippen LogP contribution in [0.2, 0.25) is 0 Å². The van der Waals surface area contributed by atoms with Crippen LogP contribution in [0, 0.1) is 13.8 Å². The Labute approximate surface area is 182 Å². The Balaban J connectivity index is 1.61. The summed E-state index contributed by atoms with van der Waals surface area (Å²) in [4.78, 5) is 25.1. The van der Waals surface area contributed by atoms with E-state index in [1.54, 1.807) is 31.2 Å². The first-order chi connectivity index (χ1) is 14.9. The molecule has 0 fully saturated rings. The van der Waals surface area contributed by atoms with Crippen LogP contribution < -0.4 is 9.47 Å². The predicted octanol–water partition coefficient (Wildman–Crippen LogP) is 4.69. The van der Waals surface area contributed by atoms with E-state index in [9.17, 15) is 9.59 Å². The highest BCUT2D eigenvalue weighted by Gasteiger charge is 2.24. The zero-order chi connectivity index (χ0) is 22.4. The maximum absolute atomic E-state index is 12.9. The van der Waals surface area contributed by atoms with E-state index >= 15 is 0 Å². The number of benzene rings is 2. The average Bonchev–Trinajstić information content (AvgIpc) is 3.07. The van der Waals surface area contributed by atoms with Crippen molar-refractivity contribution in [1.82, 2.24) is 4.57 Å². The number of hydrogen-bond acceptors (Lipinski definition) is 5. The zero-order valence-corrected chi connectivity index (χ0v) is 18.3. The van der Waals surface area contributed by atoms with Crippen LogP contribution in [-0.4, -0.2) is 35.6 Å². The first-order valence-corrected chi connectivity index (χ1v) is 10.2. The molecule has 0 bridgehead atoms. The number of aryl methyl sites for hydroxylation is 1. The number of ether oxygens (including phenoxy) is 3. The molecule has 0 saturated heterocycles. The molecular formula is C25H27NO5. The van der Waals surface area contributed by atoms with E-state index in [1.165, 1.54) is 0 Å². The fourth-order valence-electron chi connectivity index (χ4n) is 3.43. The van der Waals surface area contributed by atoms with Crippen LogP contribution in [-0.2, 0) is 9.53 Å². The highest BCUT2D eigenvalue weighted by molar-refractivity contribution is 6.01. The van der Waals surface area contributed by atoms with Gasteiger partial charge in [-0.15, -0.1) is 0 Å². The van der Waals surface area contributed by atoms with Crippen molar-refractivity contribution in [3.63, 3.8) is 0 Å². The van der Waals surface area contributed by atoms with Crippen LogP contribution in [0.1, 0.15) is 35.6 Å². The molecule has 6 nitrogen and oxygen atoms in total. The molecule has 0 radical (unpaired) electrons. The number of ketones is 1. The van der Waals surface area contributed by atoms with Gasteiger partial charge in [-0.05, 0) is 70.2 Å².